The van der Waals surface area contributed by atoms with Crippen LogP contribution in [0, 0.1) is 0 Å². The van der Waals surface area contributed by atoms with Crippen molar-refractivity contribution in [3.8, 4) is 0 Å². The van der Waals surface area contributed by atoms with Crippen LogP contribution < -0.4 is 10.6 Å². The molecule has 1 rings (SSSR count). The Labute approximate surface area is 147 Å². The molecule has 0 fully saturated rings. The summed E-state index contributed by atoms with van der Waals surface area (Å²) in [7, 11) is 0.911. The van der Waals surface area contributed by atoms with Crippen molar-refractivity contribution in [3.63, 3.8) is 0 Å². The molecule has 0 aliphatic rings. The maximum Gasteiger partial charge on any atom is 0.191 e. The monoisotopic (exact) mass is 355 g/mol. The summed E-state index contributed by atoms with van der Waals surface area (Å²) in [5, 5.41) is 6.98. The maximum absolute atomic E-state index is 12.0. The van der Waals surface area contributed by atoms with E-state index in [1.807, 2.05) is 38.6 Å². The van der Waals surface area contributed by atoms with E-state index in [2.05, 4.69) is 46.8 Å². The van der Waals surface area contributed by atoms with Gasteiger partial charge < -0.3 is 10.6 Å². The summed E-state index contributed by atoms with van der Waals surface area (Å²) in [6.45, 7) is 9.66. The zero-order valence-electron chi connectivity index (χ0n) is 14.8. The first-order valence-electron chi connectivity index (χ1n) is 7.87. The van der Waals surface area contributed by atoms with Gasteiger partial charge in [-0.3, -0.25) is 9.20 Å². The average Bonchev–Trinajstić information content (AvgIpc) is 2.50. The van der Waals surface area contributed by atoms with E-state index in [-0.39, 0.29) is 4.75 Å². The second kappa shape index (κ2) is 9.98. The molecule has 2 N–H and O–H groups in total. The van der Waals surface area contributed by atoms with Crippen LogP contribution >= 0.6 is 11.8 Å². The SMILES string of the molecule is CN=C(NCCS(=O)C(C)(C)C)NCC(C)Sc1ccccc1. The zero-order chi connectivity index (χ0) is 17.3. The van der Waals surface area contributed by atoms with E-state index in [1.165, 1.54) is 4.90 Å². The lowest BCUT2D eigenvalue weighted by atomic mass is 10.3. The highest BCUT2D eigenvalue weighted by molar-refractivity contribution is 8.00. The quantitative estimate of drug-likeness (QED) is 0.449. The van der Waals surface area contributed by atoms with Gasteiger partial charge in [0.25, 0.3) is 0 Å². The summed E-state index contributed by atoms with van der Waals surface area (Å²) in [6, 6.07) is 10.4. The van der Waals surface area contributed by atoms with Crippen molar-refractivity contribution >= 4 is 28.5 Å². The molecule has 0 saturated heterocycles. The number of hydrogen-bond acceptors (Lipinski definition) is 3. The minimum Gasteiger partial charge on any atom is -0.355 e. The highest BCUT2D eigenvalue weighted by Gasteiger charge is 2.18. The molecule has 1 aromatic carbocycles. The largest absolute Gasteiger partial charge is 0.355 e. The second-order valence-corrected chi connectivity index (χ2v) is 10.1. The van der Waals surface area contributed by atoms with Crippen LogP contribution in [0.2, 0.25) is 0 Å². The first-order chi connectivity index (χ1) is 10.8. The van der Waals surface area contributed by atoms with Gasteiger partial charge >= 0.3 is 0 Å². The lowest BCUT2D eigenvalue weighted by Crippen LogP contribution is -2.42. The van der Waals surface area contributed by atoms with E-state index < -0.39 is 10.8 Å². The minimum atomic E-state index is -0.844. The van der Waals surface area contributed by atoms with Crippen LogP contribution in [-0.2, 0) is 10.8 Å². The van der Waals surface area contributed by atoms with Gasteiger partial charge in [-0.2, -0.15) is 0 Å². The Hall–Kier alpha value is -1.01. The lowest BCUT2D eigenvalue weighted by molar-refractivity contribution is 0.647. The minimum absolute atomic E-state index is 0.167. The third-order valence-electron chi connectivity index (χ3n) is 3.12. The van der Waals surface area contributed by atoms with Crippen molar-refractivity contribution in [1.82, 2.24) is 10.6 Å². The molecular weight excluding hydrogens is 326 g/mol. The Bertz CT molecular complexity index is 512. The van der Waals surface area contributed by atoms with Gasteiger partial charge in [0.05, 0.1) is 0 Å². The van der Waals surface area contributed by atoms with Crippen molar-refractivity contribution < 1.29 is 4.21 Å². The van der Waals surface area contributed by atoms with Gasteiger partial charge in [0.2, 0.25) is 0 Å². The molecule has 1 aromatic rings. The molecular formula is C17H29N3OS2. The van der Waals surface area contributed by atoms with Gasteiger partial charge in [0.15, 0.2) is 5.96 Å². The first kappa shape index (κ1) is 20.0. The Morgan fingerprint density at radius 3 is 2.48 bits per heavy atom. The summed E-state index contributed by atoms with van der Waals surface area (Å²) in [4.78, 5) is 5.48. The fourth-order valence-corrected chi connectivity index (χ4v) is 3.65. The zero-order valence-corrected chi connectivity index (χ0v) is 16.4. The number of guanidine groups is 1. The molecule has 4 nitrogen and oxygen atoms in total. The van der Waals surface area contributed by atoms with Gasteiger partial charge in [-0.05, 0) is 32.9 Å². The number of aliphatic imine (C=N–C) groups is 1. The van der Waals surface area contributed by atoms with Crippen LogP contribution in [0.5, 0.6) is 0 Å². The topological polar surface area (TPSA) is 53.5 Å². The maximum atomic E-state index is 12.0. The molecule has 0 saturated carbocycles. The van der Waals surface area contributed by atoms with E-state index >= 15 is 0 Å². The van der Waals surface area contributed by atoms with Crippen LogP contribution in [0.3, 0.4) is 0 Å². The molecule has 2 unspecified atom stereocenters. The summed E-state index contributed by atoms with van der Waals surface area (Å²) in [5.41, 5.74) is 0. The average molecular weight is 356 g/mol. The molecule has 0 radical (unpaired) electrons. The first-order valence-corrected chi connectivity index (χ1v) is 10.1. The highest BCUT2D eigenvalue weighted by atomic mass is 32.2. The van der Waals surface area contributed by atoms with Gasteiger partial charge in [0.1, 0.15) is 0 Å². The van der Waals surface area contributed by atoms with Crippen LogP contribution in [0.15, 0.2) is 40.2 Å². The smallest absolute Gasteiger partial charge is 0.191 e. The van der Waals surface area contributed by atoms with Crippen LogP contribution in [0.1, 0.15) is 27.7 Å². The lowest BCUT2D eigenvalue weighted by Gasteiger charge is -2.19. The Morgan fingerprint density at radius 2 is 1.91 bits per heavy atom. The van der Waals surface area contributed by atoms with Crippen LogP contribution in [0.25, 0.3) is 0 Å². The van der Waals surface area contributed by atoms with Gasteiger partial charge in [-0.15, -0.1) is 11.8 Å². The third-order valence-corrected chi connectivity index (χ3v) is 6.18. The van der Waals surface area contributed by atoms with Crippen molar-refractivity contribution in [2.75, 3.05) is 25.9 Å². The third kappa shape index (κ3) is 8.42. The van der Waals surface area contributed by atoms with Crippen LogP contribution in [0.4, 0.5) is 0 Å². The molecule has 0 spiro atoms. The van der Waals surface area contributed by atoms with Crippen molar-refractivity contribution in [3.05, 3.63) is 30.3 Å². The molecule has 23 heavy (non-hydrogen) atoms. The molecule has 0 amide bonds. The molecule has 6 heteroatoms. The summed E-state index contributed by atoms with van der Waals surface area (Å²) in [5.74, 6) is 1.38. The number of benzene rings is 1. The molecule has 130 valence electrons. The molecule has 0 aliphatic carbocycles. The van der Waals surface area contributed by atoms with Crippen molar-refractivity contribution in [1.29, 1.82) is 0 Å². The number of nitrogens with one attached hydrogen (secondary N) is 2. The molecule has 0 heterocycles. The molecule has 2 atom stereocenters. The Morgan fingerprint density at radius 1 is 1.26 bits per heavy atom. The second-order valence-electron chi connectivity index (χ2n) is 6.28. The fourth-order valence-electron chi connectivity index (χ4n) is 1.80. The van der Waals surface area contributed by atoms with Gasteiger partial charge in [-0.25, -0.2) is 0 Å². The predicted molar refractivity (Wildman–Crippen MR) is 104 cm³/mol. The molecule has 0 bridgehead atoms. The van der Waals surface area contributed by atoms with E-state index in [0.717, 1.165) is 12.5 Å². The Balaban J connectivity index is 2.30. The number of nitrogens with zero attached hydrogens (tertiary/aromatic N) is 1. The van der Waals surface area contributed by atoms with E-state index in [1.54, 1.807) is 7.05 Å². The number of thioether (sulfide) groups is 1. The number of rotatable bonds is 7. The van der Waals surface area contributed by atoms with E-state index in [0.29, 0.717) is 17.5 Å². The normalized spacial score (nSPS) is 15.1. The van der Waals surface area contributed by atoms with Gasteiger partial charge in [0, 0.05) is 51.6 Å². The predicted octanol–water partition coefficient (Wildman–Crippen LogP) is 2.88. The standard InChI is InChI=1S/C17H29N3OS2/c1-14(22-15-9-7-6-8-10-15)13-20-16(18-5)19-11-12-23(21)17(2,3)4/h6-10,14H,11-13H2,1-5H3,(H2,18,19,20). The highest BCUT2D eigenvalue weighted by Crippen LogP contribution is 2.21. The van der Waals surface area contributed by atoms with Crippen molar-refractivity contribution in [2.45, 2.75) is 42.6 Å². The van der Waals surface area contributed by atoms with Crippen LogP contribution in [-0.4, -0.2) is 46.1 Å². The fraction of sp³-hybridized carbons (Fsp3) is 0.588. The van der Waals surface area contributed by atoms with E-state index in [9.17, 15) is 4.21 Å². The van der Waals surface area contributed by atoms with Crippen molar-refractivity contribution in [2.24, 2.45) is 4.99 Å². The van der Waals surface area contributed by atoms with Gasteiger partial charge in [-0.1, -0.05) is 25.1 Å². The Kier molecular flexibility index (Phi) is 8.69. The molecule has 0 aliphatic heterocycles. The summed E-state index contributed by atoms with van der Waals surface area (Å²) >= 11 is 1.83. The van der Waals surface area contributed by atoms with E-state index in [4.69, 9.17) is 0 Å². The number of hydrogen-bond donors (Lipinski definition) is 2. The summed E-state index contributed by atoms with van der Waals surface area (Å²) < 4.78 is 11.8. The summed E-state index contributed by atoms with van der Waals surface area (Å²) in [6.07, 6.45) is 0. The molecule has 0 aromatic heterocycles.